The second-order valence-electron chi connectivity index (χ2n) is 5.47. The number of aromatic nitrogens is 2. The van der Waals surface area contributed by atoms with Gasteiger partial charge in [0.05, 0.1) is 13.0 Å². The Balaban J connectivity index is 1.51. The third-order valence-electron chi connectivity index (χ3n) is 3.85. The molecular weight excluding hydrogens is 250 g/mol. The molecule has 0 unspecified atom stereocenters. The van der Waals surface area contributed by atoms with Gasteiger partial charge in [-0.25, -0.2) is 0 Å². The van der Waals surface area contributed by atoms with Gasteiger partial charge in [-0.15, -0.1) is 10.2 Å². The molecule has 1 aromatic carbocycles. The summed E-state index contributed by atoms with van der Waals surface area (Å²) in [6.45, 7) is 0.687. The van der Waals surface area contributed by atoms with Gasteiger partial charge < -0.3 is 9.73 Å². The van der Waals surface area contributed by atoms with Crippen molar-refractivity contribution in [2.24, 2.45) is 0 Å². The van der Waals surface area contributed by atoms with Gasteiger partial charge in [-0.2, -0.15) is 0 Å². The Morgan fingerprint density at radius 3 is 2.55 bits per heavy atom. The molecule has 106 valence electrons. The summed E-state index contributed by atoms with van der Waals surface area (Å²) in [5, 5.41) is 11.8. The summed E-state index contributed by atoms with van der Waals surface area (Å²) >= 11 is 0. The van der Waals surface area contributed by atoms with Crippen molar-refractivity contribution >= 4 is 0 Å². The maximum Gasteiger partial charge on any atom is 0.230 e. The number of hydrogen-bond donors (Lipinski definition) is 1. The molecule has 0 spiro atoms. The highest BCUT2D eigenvalue weighted by molar-refractivity contribution is 5.17. The summed E-state index contributed by atoms with van der Waals surface area (Å²) in [4.78, 5) is 0. The Morgan fingerprint density at radius 1 is 1.00 bits per heavy atom. The molecule has 1 saturated carbocycles. The van der Waals surface area contributed by atoms with E-state index >= 15 is 0 Å². The average molecular weight is 271 g/mol. The molecule has 0 atom stereocenters. The van der Waals surface area contributed by atoms with E-state index in [0.717, 1.165) is 0 Å². The monoisotopic (exact) mass is 271 g/mol. The number of hydrogen-bond acceptors (Lipinski definition) is 4. The lowest BCUT2D eigenvalue weighted by atomic mass is 9.95. The van der Waals surface area contributed by atoms with Crippen LogP contribution in [0.5, 0.6) is 0 Å². The van der Waals surface area contributed by atoms with Crippen molar-refractivity contribution in [2.45, 2.75) is 51.1 Å². The van der Waals surface area contributed by atoms with E-state index in [2.05, 4.69) is 27.6 Å². The minimum Gasteiger partial charge on any atom is -0.424 e. The normalized spacial score (nSPS) is 16.4. The maximum atomic E-state index is 5.69. The van der Waals surface area contributed by atoms with Crippen molar-refractivity contribution < 1.29 is 4.42 Å². The zero-order valence-electron chi connectivity index (χ0n) is 11.7. The van der Waals surface area contributed by atoms with Crippen molar-refractivity contribution in [1.29, 1.82) is 0 Å². The molecule has 1 fully saturated rings. The second-order valence-corrected chi connectivity index (χ2v) is 5.47. The molecule has 1 aromatic heterocycles. The first kappa shape index (κ1) is 13.3. The van der Waals surface area contributed by atoms with Gasteiger partial charge in [-0.05, 0) is 18.4 Å². The molecule has 2 aromatic rings. The number of nitrogens with zero attached hydrogens (tertiary/aromatic N) is 2. The molecule has 4 nitrogen and oxygen atoms in total. The number of rotatable bonds is 5. The smallest absolute Gasteiger partial charge is 0.230 e. The summed E-state index contributed by atoms with van der Waals surface area (Å²) in [6.07, 6.45) is 7.29. The standard InChI is InChI=1S/C16H21N3O/c1-3-7-13(8-4-1)11-15-18-19-16(20-15)12-17-14-9-5-2-6-10-14/h1,3-4,7-8,14,17H,2,5-6,9-12H2. The van der Waals surface area contributed by atoms with E-state index in [1.54, 1.807) is 0 Å². The SMILES string of the molecule is c1ccc(Cc2nnc(CNC3CCCCC3)o2)cc1. The average Bonchev–Trinajstić information content (AvgIpc) is 2.95. The molecule has 1 aliphatic carbocycles. The minimum absolute atomic E-state index is 0.619. The van der Waals surface area contributed by atoms with Crippen LogP contribution in [-0.2, 0) is 13.0 Å². The van der Waals surface area contributed by atoms with E-state index in [4.69, 9.17) is 4.42 Å². The number of benzene rings is 1. The first-order valence-corrected chi connectivity index (χ1v) is 7.49. The van der Waals surface area contributed by atoms with E-state index in [0.29, 0.717) is 30.8 Å². The Hall–Kier alpha value is -1.68. The topological polar surface area (TPSA) is 51.0 Å². The fourth-order valence-electron chi connectivity index (χ4n) is 2.74. The quantitative estimate of drug-likeness (QED) is 0.908. The third-order valence-corrected chi connectivity index (χ3v) is 3.85. The minimum atomic E-state index is 0.619. The van der Waals surface area contributed by atoms with Gasteiger partial charge in [-0.3, -0.25) is 0 Å². The van der Waals surface area contributed by atoms with Crippen molar-refractivity contribution in [3.63, 3.8) is 0 Å². The van der Waals surface area contributed by atoms with E-state index in [-0.39, 0.29) is 0 Å². The number of nitrogens with one attached hydrogen (secondary N) is 1. The molecule has 4 heteroatoms. The Kier molecular flexibility index (Phi) is 4.43. The van der Waals surface area contributed by atoms with Crippen LogP contribution in [0.1, 0.15) is 49.4 Å². The van der Waals surface area contributed by atoms with Crippen LogP contribution in [0.25, 0.3) is 0 Å². The maximum absolute atomic E-state index is 5.69. The van der Waals surface area contributed by atoms with E-state index in [1.165, 1.54) is 37.7 Å². The van der Waals surface area contributed by atoms with Gasteiger partial charge in [0, 0.05) is 6.04 Å². The Bertz CT molecular complexity index is 518. The molecule has 20 heavy (non-hydrogen) atoms. The van der Waals surface area contributed by atoms with Crippen molar-refractivity contribution in [1.82, 2.24) is 15.5 Å². The highest BCUT2D eigenvalue weighted by Crippen LogP contribution is 2.17. The van der Waals surface area contributed by atoms with Gasteiger partial charge in [0.25, 0.3) is 0 Å². The van der Waals surface area contributed by atoms with Crippen LogP contribution in [0.3, 0.4) is 0 Å². The Morgan fingerprint density at radius 2 is 1.75 bits per heavy atom. The largest absolute Gasteiger partial charge is 0.424 e. The lowest BCUT2D eigenvalue weighted by molar-refractivity contribution is 0.349. The molecule has 0 aliphatic heterocycles. The van der Waals surface area contributed by atoms with Crippen molar-refractivity contribution in [3.8, 4) is 0 Å². The molecule has 1 N–H and O–H groups in total. The van der Waals surface area contributed by atoms with Crippen LogP contribution in [0.4, 0.5) is 0 Å². The van der Waals surface area contributed by atoms with Crippen molar-refractivity contribution in [3.05, 3.63) is 47.7 Å². The summed E-state index contributed by atoms with van der Waals surface area (Å²) in [5.41, 5.74) is 1.20. The predicted molar refractivity (Wildman–Crippen MR) is 77.3 cm³/mol. The molecule has 1 aliphatic rings. The van der Waals surface area contributed by atoms with Gasteiger partial charge >= 0.3 is 0 Å². The highest BCUT2D eigenvalue weighted by atomic mass is 16.4. The van der Waals surface area contributed by atoms with Crippen LogP contribution in [0, 0.1) is 0 Å². The molecule has 1 heterocycles. The molecule has 3 rings (SSSR count). The van der Waals surface area contributed by atoms with E-state index in [9.17, 15) is 0 Å². The molecule has 0 radical (unpaired) electrons. The summed E-state index contributed by atoms with van der Waals surface area (Å²) in [6, 6.07) is 10.8. The highest BCUT2D eigenvalue weighted by Gasteiger charge is 2.14. The van der Waals surface area contributed by atoms with Crippen molar-refractivity contribution in [2.75, 3.05) is 0 Å². The third kappa shape index (κ3) is 3.67. The van der Waals surface area contributed by atoms with Crippen LogP contribution in [0.2, 0.25) is 0 Å². The van der Waals surface area contributed by atoms with Crippen LogP contribution in [0.15, 0.2) is 34.7 Å². The Labute approximate surface area is 119 Å². The van der Waals surface area contributed by atoms with Crippen LogP contribution >= 0.6 is 0 Å². The van der Waals surface area contributed by atoms with Gasteiger partial charge in [0.15, 0.2) is 0 Å². The summed E-state index contributed by atoms with van der Waals surface area (Å²) in [5.74, 6) is 1.39. The van der Waals surface area contributed by atoms with Crippen LogP contribution < -0.4 is 5.32 Å². The fourth-order valence-corrected chi connectivity index (χ4v) is 2.74. The molecular formula is C16H21N3O. The van der Waals surface area contributed by atoms with Gasteiger partial charge in [0.1, 0.15) is 0 Å². The van der Waals surface area contributed by atoms with Gasteiger partial charge in [-0.1, -0.05) is 49.6 Å². The molecule has 0 bridgehead atoms. The van der Waals surface area contributed by atoms with Crippen LogP contribution in [-0.4, -0.2) is 16.2 Å². The predicted octanol–water partition coefficient (Wildman–Crippen LogP) is 3.08. The zero-order chi connectivity index (χ0) is 13.6. The lowest BCUT2D eigenvalue weighted by Crippen LogP contribution is -2.30. The molecule has 0 saturated heterocycles. The fraction of sp³-hybridized carbons (Fsp3) is 0.500. The lowest BCUT2D eigenvalue weighted by Gasteiger charge is -2.21. The zero-order valence-corrected chi connectivity index (χ0v) is 11.7. The van der Waals surface area contributed by atoms with E-state index in [1.807, 2.05) is 18.2 Å². The van der Waals surface area contributed by atoms with Gasteiger partial charge in [0.2, 0.25) is 11.8 Å². The summed E-state index contributed by atoms with van der Waals surface area (Å²) in [7, 11) is 0. The first-order valence-electron chi connectivity index (χ1n) is 7.49. The first-order chi connectivity index (χ1) is 9.90. The van der Waals surface area contributed by atoms with E-state index < -0.39 is 0 Å². The second kappa shape index (κ2) is 6.66. The summed E-state index contributed by atoms with van der Waals surface area (Å²) < 4.78 is 5.69. The molecule has 0 amide bonds.